The Morgan fingerprint density at radius 1 is 1.25 bits per heavy atom. The summed E-state index contributed by atoms with van der Waals surface area (Å²) in [7, 11) is 1.58. The van der Waals surface area contributed by atoms with Gasteiger partial charge in [0.1, 0.15) is 5.75 Å². The van der Waals surface area contributed by atoms with Gasteiger partial charge in [0, 0.05) is 20.1 Å². The van der Waals surface area contributed by atoms with E-state index in [0.717, 1.165) is 12.5 Å². The van der Waals surface area contributed by atoms with Gasteiger partial charge in [0.25, 0.3) is 0 Å². The van der Waals surface area contributed by atoms with Gasteiger partial charge in [-0.3, -0.25) is 4.99 Å². The first-order chi connectivity index (χ1) is 10.8. The van der Waals surface area contributed by atoms with Crippen LogP contribution in [0.5, 0.6) is 5.75 Å². The normalized spacial score (nSPS) is 11.9. The van der Waals surface area contributed by atoms with Gasteiger partial charge in [-0.25, -0.2) is 0 Å². The monoisotopic (exact) mass is 459 g/mol. The number of guanidine groups is 1. The predicted molar refractivity (Wildman–Crippen MR) is 101 cm³/mol. The zero-order valence-electron chi connectivity index (χ0n) is 14.3. The minimum Gasteiger partial charge on any atom is -0.491 e. The summed E-state index contributed by atoms with van der Waals surface area (Å²) >= 11 is 0. The molecule has 4 nitrogen and oxygen atoms in total. The molecule has 0 aliphatic heterocycles. The summed E-state index contributed by atoms with van der Waals surface area (Å²) in [6, 6.07) is 4.02. The molecule has 0 aliphatic carbocycles. The second-order valence-electron chi connectivity index (χ2n) is 5.34. The molecule has 0 saturated heterocycles. The van der Waals surface area contributed by atoms with Crippen LogP contribution in [-0.2, 0) is 12.7 Å². The summed E-state index contributed by atoms with van der Waals surface area (Å²) in [5, 5.41) is 5.91. The molecule has 0 saturated carbocycles. The molecule has 1 aromatic carbocycles. The lowest BCUT2D eigenvalue weighted by molar-refractivity contribution is -0.138. The molecule has 0 fully saturated rings. The van der Waals surface area contributed by atoms with Crippen LogP contribution in [0.3, 0.4) is 0 Å². The molecule has 0 bridgehead atoms. The van der Waals surface area contributed by atoms with E-state index in [0.29, 0.717) is 12.5 Å². The fourth-order valence-electron chi connectivity index (χ4n) is 1.96. The van der Waals surface area contributed by atoms with E-state index in [-0.39, 0.29) is 47.9 Å². The maximum absolute atomic E-state index is 13.2. The molecule has 0 aliphatic rings. The molecule has 0 radical (unpaired) electrons. The van der Waals surface area contributed by atoms with Crippen molar-refractivity contribution in [3.8, 4) is 5.75 Å². The van der Waals surface area contributed by atoms with Crippen molar-refractivity contribution in [1.29, 1.82) is 0 Å². The fraction of sp³-hybridized carbons (Fsp3) is 0.562. The summed E-state index contributed by atoms with van der Waals surface area (Å²) in [4.78, 5) is 3.98. The first kappa shape index (κ1) is 22.8. The summed E-state index contributed by atoms with van der Waals surface area (Å²) in [5.74, 6) is 0.687. The van der Waals surface area contributed by atoms with Crippen LogP contribution >= 0.6 is 24.0 Å². The highest BCUT2D eigenvalue weighted by atomic mass is 127. The van der Waals surface area contributed by atoms with Gasteiger partial charge in [0.05, 0.1) is 11.7 Å². The van der Waals surface area contributed by atoms with E-state index >= 15 is 0 Å². The van der Waals surface area contributed by atoms with Crippen molar-refractivity contribution >= 4 is 29.9 Å². The van der Waals surface area contributed by atoms with E-state index < -0.39 is 11.7 Å². The average Bonchev–Trinajstić information content (AvgIpc) is 2.47. The minimum atomic E-state index is -4.44. The Labute approximate surface area is 158 Å². The summed E-state index contributed by atoms with van der Waals surface area (Å²) in [5.41, 5.74) is -0.554. The number of nitrogens with one attached hydrogen (secondary N) is 2. The number of rotatable bonds is 6. The van der Waals surface area contributed by atoms with Crippen molar-refractivity contribution in [3.05, 3.63) is 29.3 Å². The topological polar surface area (TPSA) is 45.7 Å². The number of nitrogens with zero attached hydrogens (tertiary/aromatic N) is 1. The van der Waals surface area contributed by atoms with Gasteiger partial charge in [0.2, 0.25) is 0 Å². The molecular weight excluding hydrogens is 434 g/mol. The highest BCUT2D eigenvalue weighted by Gasteiger charge is 2.33. The molecule has 1 rings (SSSR count). The van der Waals surface area contributed by atoms with Crippen molar-refractivity contribution in [2.45, 2.75) is 46.0 Å². The van der Waals surface area contributed by atoms with Gasteiger partial charge < -0.3 is 15.4 Å². The van der Waals surface area contributed by atoms with E-state index in [1.807, 2.05) is 6.92 Å². The molecule has 24 heavy (non-hydrogen) atoms. The van der Waals surface area contributed by atoms with Crippen LogP contribution in [0.15, 0.2) is 23.2 Å². The van der Waals surface area contributed by atoms with Gasteiger partial charge in [-0.05, 0) is 38.0 Å². The van der Waals surface area contributed by atoms with Crippen molar-refractivity contribution < 1.29 is 17.9 Å². The number of benzene rings is 1. The summed E-state index contributed by atoms with van der Waals surface area (Å²) < 4.78 is 45.1. The number of hydrogen-bond acceptors (Lipinski definition) is 2. The first-order valence-corrected chi connectivity index (χ1v) is 7.59. The lowest BCUT2D eigenvalue weighted by atomic mass is 10.1. The molecule has 0 spiro atoms. The summed E-state index contributed by atoms with van der Waals surface area (Å²) in [6.45, 7) is 6.26. The highest BCUT2D eigenvalue weighted by Crippen LogP contribution is 2.34. The quantitative estimate of drug-likeness (QED) is 0.381. The van der Waals surface area contributed by atoms with Crippen LogP contribution < -0.4 is 15.4 Å². The lowest BCUT2D eigenvalue weighted by Crippen LogP contribution is -2.37. The number of hydrogen-bond donors (Lipinski definition) is 2. The van der Waals surface area contributed by atoms with E-state index in [2.05, 4.69) is 15.6 Å². The zero-order valence-corrected chi connectivity index (χ0v) is 16.7. The van der Waals surface area contributed by atoms with Crippen LogP contribution in [0.2, 0.25) is 0 Å². The Bertz CT molecular complexity index is 534. The number of ether oxygens (including phenoxy) is 1. The van der Waals surface area contributed by atoms with Gasteiger partial charge in [0.15, 0.2) is 5.96 Å². The van der Waals surface area contributed by atoms with Crippen molar-refractivity contribution in [1.82, 2.24) is 10.6 Å². The second kappa shape index (κ2) is 10.6. The van der Waals surface area contributed by atoms with Crippen LogP contribution in [0.4, 0.5) is 13.2 Å². The van der Waals surface area contributed by atoms with Gasteiger partial charge >= 0.3 is 6.18 Å². The Morgan fingerprint density at radius 2 is 1.92 bits per heavy atom. The van der Waals surface area contributed by atoms with Crippen LogP contribution in [0.1, 0.15) is 38.3 Å². The predicted octanol–water partition coefficient (Wildman–Crippen LogP) is 4.19. The molecule has 0 amide bonds. The summed E-state index contributed by atoms with van der Waals surface area (Å²) in [6.07, 6.45) is -3.72. The van der Waals surface area contributed by atoms with Crippen LogP contribution in [0.25, 0.3) is 0 Å². The van der Waals surface area contributed by atoms with E-state index in [1.54, 1.807) is 27.0 Å². The molecule has 0 atom stereocenters. The Kier molecular flexibility index (Phi) is 10.1. The smallest absolute Gasteiger partial charge is 0.416 e. The Morgan fingerprint density at radius 3 is 2.42 bits per heavy atom. The van der Waals surface area contributed by atoms with Gasteiger partial charge in [-0.15, -0.1) is 24.0 Å². The van der Waals surface area contributed by atoms with Crippen molar-refractivity contribution in [2.24, 2.45) is 4.99 Å². The molecular formula is C16H25F3IN3O. The number of aliphatic imine (C=N–C) groups is 1. The average molecular weight is 459 g/mol. The fourth-order valence-corrected chi connectivity index (χ4v) is 1.96. The van der Waals surface area contributed by atoms with Crippen LogP contribution in [-0.4, -0.2) is 25.7 Å². The standard InChI is InChI=1S/C16H24F3N3O.HI/c1-5-8-21-15(20-4)22-10-12-6-7-13(23-11(2)3)9-14(12)16(17,18)19;/h6-7,9,11H,5,8,10H2,1-4H3,(H2,20,21,22);1H. The highest BCUT2D eigenvalue weighted by molar-refractivity contribution is 14.0. The third kappa shape index (κ3) is 7.59. The minimum absolute atomic E-state index is 0. The zero-order chi connectivity index (χ0) is 17.5. The van der Waals surface area contributed by atoms with E-state index in [1.165, 1.54) is 6.07 Å². The number of alkyl halides is 3. The second-order valence-corrected chi connectivity index (χ2v) is 5.34. The third-order valence-corrected chi connectivity index (χ3v) is 2.97. The maximum atomic E-state index is 13.2. The van der Waals surface area contributed by atoms with Crippen molar-refractivity contribution in [2.75, 3.05) is 13.6 Å². The number of halogens is 4. The molecule has 0 heterocycles. The SMILES string of the molecule is CCCNC(=NC)NCc1ccc(OC(C)C)cc1C(F)(F)F.I. The van der Waals surface area contributed by atoms with Gasteiger partial charge in [-0.1, -0.05) is 13.0 Å². The van der Waals surface area contributed by atoms with E-state index in [9.17, 15) is 13.2 Å². The third-order valence-electron chi connectivity index (χ3n) is 2.97. The Balaban J connectivity index is 0.00000529. The molecule has 8 heteroatoms. The lowest BCUT2D eigenvalue weighted by Gasteiger charge is -2.18. The molecule has 0 unspecified atom stereocenters. The van der Waals surface area contributed by atoms with E-state index in [4.69, 9.17) is 4.74 Å². The molecule has 1 aromatic rings. The maximum Gasteiger partial charge on any atom is 0.416 e. The first-order valence-electron chi connectivity index (χ1n) is 7.59. The molecule has 2 N–H and O–H groups in total. The van der Waals surface area contributed by atoms with Crippen molar-refractivity contribution in [3.63, 3.8) is 0 Å². The van der Waals surface area contributed by atoms with Gasteiger partial charge in [-0.2, -0.15) is 13.2 Å². The molecule has 0 aromatic heterocycles. The van der Waals surface area contributed by atoms with Crippen LogP contribution in [0, 0.1) is 0 Å². The largest absolute Gasteiger partial charge is 0.491 e. The molecule has 138 valence electrons. The Hall–Kier alpha value is -1.19.